The Morgan fingerprint density at radius 1 is 0.404 bits per heavy atom. The fourth-order valence-corrected chi connectivity index (χ4v) is 5.65. The third kappa shape index (κ3) is 9.34. The van der Waals surface area contributed by atoms with Crippen LogP contribution in [0.2, 0.25) is 10.0 Å². The van der Waals surface area contributed by atoms with E-state index in [1.54, 1.807) is 0 Å². The number of ether oxygens (including phenoxy) is 3. The molecule has 236 valence electrons. The topological polar surface area (TPSA) is 27.7 Å². The van der Waals surface area contributed by atoms with Crippen LogP contribution in [-0.4, -0.2) is 13.2 Å². The monoisotopic (exact) mass is 658 g/mol. The minimum atomic E-state index is 0.521. The fraction of sp³-hybridized carbons (Fsp3) is 0.143. The molecule has 0 spiro atoms. The van der Waals surface area contributed by atoms with Gasteiger partial charge in [-0.1, -0.05) is 120 Å². The van der Waals surface area contributed by atoms with Crippen molar-refractivity contribution in [1.29, 1.82) is 0 Å². The second kappa shape index (κ2) is 16.4. The van der Waals surface area contributed by atoms with Crippen molar-refractivity contribution in [2.45, 2.75) is 26.1 Å². The number of hydrogen-bond donors (Lipinski definition) is 0. The van der Waals surface area contributed by atoms with Crippen molar-refractivity contribution >= 4 is 23.2 Å². The fourth-order valence-electron chi connectivity index (χ4n) is 5.39. The second-order valence-corrected chi connectivity index (χ2v) is 12.2. The van der Waals surface area contributed by atoms with Crippen molar-refractivity contribution in [2.24, 2.45) is 0 Å². The summed E-state index contributed by atoms with van der Waals surface area (Å²) < 4.78 is 18.9. The van der Waals surface area contributed by atoms with E-state index < -0.39 is 0 Å². The molecule has 0 aliphatic heterocycles. The maximum atomic E-state index is 6.74. The molecule has 6 aromatic rings. The number of halogens is 2. The zero-order valence-corrected chi connectivity index (χ0v) is 27.6. The first-order valence-corrected chi connectivity index (χ1v) is 16.6. The molecule has 0 saturated carbocycles. The van der Waals surface area contributed by atoms with Gasteiger partial charge in [-0.05, 0) is 106 Å². The van der Waals surface area contributed by atoms with Crippen molar-refractivity contribution in [3.05, 3.63) is 178 Å². The molecule has 3 nitrogen and oxygen atoms in total. The Morgan fingerprint density at radius 3 is 1.21 bits per heavy atom. The van der Waals surface area contributed by atoms with Crippen LogP contribution in [0.5, 0.6) is 11.5 Å². The van der Waals surface area contributed by atoms with Crippen molar-refractivity contribution in [2.75, 3.05) is 13.2 Å². The van der Waals surface area contributed by atoms with Crippen LogP contribution in [-0.2, 0) is 35.5 Å². The Morgan fingerprint density at radius 2 is 0.809 bits per heavy atom. The van der Waals surface area contributed by atoms with E-state index in [1.807, 2.05) is 60.7 Å². The van der Waals surface area contributed by atoms with Gasteiger partial charge in [0, 0.05) is 10.0 Å². The zero-order valence-electron chi connectivity index (χ0n) is 26.1. The summed E-state index contributed by atoms with van der Waals surface area (Å²) in [5.41, 5.74) is 8.94. The van der Waals surface area contributed by atoms with Gasteiger partial charge in [0.05, 0.1) is 26.4 Å². The van der Waals surface area contributed by atoms with Gasteiger partial charge in [0.25, 0.3) is 0 Å². The van der Waals surface area contributed by atoms with Crippen LogP contribution >= 0.6 is 23.2 Å². The molecule has 0 saturated heterocycles. The van der Waals surface area contributed by atoms with Gasteiger partial charge < -0.3 is 14.2 Å². The Hall–Kier alpha value is -4.38. The van der Waals surface area contributed by atoms with Crippen molar-refractivity contribution in [1.82, 2.24) is 0 Å². The Balaban J connectivity index is 1.22. The van der Waals surface area contributed by atoms with Gasteiger partial charge in [-0.2, -0.15) is 0 Å². The van der Waals surface area contributed by atoms with Gasteiger partial charge in [-0.25, -0.2) is 0 Å². The average molecular weight is 660 g/mol. The molecular formula is C42H36Cl2O3. The summed E-state index contributed by atoms with van der Waals surface area (Å²) in [7, 11) is 0. The quantitative estimate of drug-likeness (QED) is 0.109. The highest BCUT2D eigenvalue weighted by Gasteiger charge is 2.13. The van der Waals surface area contributed by atoms with E-state index >= 15 is 0 Å². The van der Waals surface area contributed by atoms with E-state index in [2.05, 4.69) is 84.9 Å². The van der Waals surface area contributed by atoms with Crippen LogP contribution in [0.3, 0.4) is 0 Å². The predicted molar refractivity (Wildman–Crippen MR) is 193 cm³/mol. The van der Waals surface area contributed by atoms with Gasteiger partial charge >= 0.3 is 0 Å². The first-order valence-electron chi connectivity index (χ1n) is 15.8. The number of hydrogen-bond acceptors (Lipinski definition) is 3. The molecule has 0 heterocycles. The molecule has 0 fully saturated rings. The summed E-state index contributed by atoms with van der Waals surface area (Å²) in [6.45, 7) is 2.14. The molecule has 0 amide bonds. The predicted octanol–water partition coefficient (Wildman–Crippen LogP) is 11.6. The van der Waals surface area contributed by atoms with Crippen LogP contribution in [0.25, 0.3) is 22.3 Å². The largest absolute Gasteiger partial charge is 0.457 e. The zero-order chi connectivity index (χ0) is 32.3. The molecule has 0 atom stereocenters. The minimum absolute atomic E-state index is 0.521. The van der Waals surface area contributed by atoms with Gasteiger partial charge in [0.1, 0.15) is 11.5 Å². The van der Waals surface area contributed by atoms with Crippen molar-refractivity contribution in [3.8, 4) is 33.8 Å². The molecule has 0 bridgehead atoms. The molecule has 6 rings (SSSR count). The summed E-state index contributed by atoms with van der Waals surface area (Å²) >= 11 is 12.1. The van der Waals surface area contributed by atoms with Crippen molar-refractivity contribution < 1.29 is 14.2 Å². The van der Waals surface area contributed by atoms with E-state index in [-0.39, 0.29) is 0 Å². The molecule has 0 N–H and O–H groups in total. The summed E-state index contributed by atoms with van der Waals surface area (Å²) in [4.78, 5) is 0. The lowest BCUT2D eigenvalue weighted by Crippen LogP contribution is -2.04. The molecule has 0 radical (unpaired) electrons. The van der Waals surface area contributed by atoms with E-state index in [1.165, 1.54) is 0 Å². The van der Waals surface area contributed by atoms with Crippen LogP contribution in [0.4, 0.5) is 0 Å². The SMILES string of the molecule is Clc1ccc(COCCc2cc(-c3ccccc3)ccc2Oc2ccc(-c3ccccc3)cc2CCOCc2ccc(Cl)cc2)cc1. The van der Waals surface area contributed by atoms with Crippen LogP contribution in [0, 0.1) is 0 Å². The first kappa shape index (κ1) is 32.6. The van der Waals surface area contributed by atoms with Gasteiger partial charge in [0.15, 0.2) is 0 Å². The van der Waals surface area contributed by atoms with E-state index in [9.17, 15) is 0 Å². The van der Waals surface area contributed by atoms with E-state index in [0.717, 1.165) is 66.1 Å². The molecule has 5 heteroatoms. The third-order valence-electron chi connectivity index (χ3n) is 7.95. The van der Waals surface area contributed by atoms with Crippen LogP contribution in [0.1, 0.15) is 22.3 Å². The smallest absolute Gasteiger partial charge is 0.130 e. The molecule has 6 aromatic carbocycles. The Kier molecular flexibility index (Phi) is 11.4. The molecular weight excluding hydrogens is 623 g/mol. The van der Waals surface area contributed by atoms with E-state index in [4.69, 9.17) is 37.4 Å². The lowest BCUT2D eigenvalue weighted by Gasteiger charge is -2.17. The summed E-state index contributed by atoms with van der Waals surface area (Å²) in [5, 5.41) is 1.44. The second-order valence-electron chi connectivity index (χ2n) is 11.3. The summed E-state index contributed by atoms with van der Waals surface area (Å²) in [6.07, 6.45) is 1.40. The minimum Gasteiger partial charge on any atom is -0.457 e. The number of rotatable bonds is 14. The maximum absolute atomic E-state index is 6.74. The van der Waals surface area contributed by atoms with Crippen molar-refractivity contribution in [3.63, 3.8) is 0 Å². The summed E-state index contributed by atoms with van der Waals surface area (Å²) in [6, 6.07) is 49.1. The average Bonchev–Trinajstić information content (AvgIpc) is 3.12. The van der Waals surface area contributed by atoms with Gasteiger partial charge in [-0.3, -0.25) is 0 Å². The molecule has 0 aromatic heterocycles. The third-order valence-corrected chi connectivity index (χ3v) is 8.45. The molecule has 0 unspecified atom stereocenters. The Bertz CT molecular complexity index is 1720. The highest BCUT2D eigenvalue weighted by molar-refractivity contribution is 6.30. The maximum Gasteiger partial charge on any atom is 0.130 e. The summed E-state index contributed by atoms with van der Waals surface area (Å²) in [5.74, 6) is 1.63. The van der Waals surface area contributed by atoms with Crippen LogP contribution < -0.4 is 4.74 Å². The van der Waals surface area contributed by atoms with E-state index in [0.29, 0.717) is 39.3 Å². The van der Waals surface area contributed by atoms with Gasteiger partial charge in [0.2, 0.25) is 0 Å². The molecule has 0 aliphatic carbocycles. The van der Waals surface area contributed by atoms with Gasteiger partial charge in [-0.15, -0.1) is 0 Å². The number of benzene rings is 6. The van der Waals surface area contributed by atoms with Crippen LogP contribution in [0.15, 0.2) is 146 Å². The highest BCUT2D eigenvalue weighted by Crippen LogP contribution is 2.34. The standard InChI is InChI=1S/C42H36Cl2O3/c43-39-17-11-31(12-18-39)29-45-25-23-37-27-35(33-7-3-1-4-8-33)15-21-41(37)47-42-22-16-36(34-9-5-2-6-10-34)28-38(42)24-26-46-30-32-13-19-40(44)20-14-32/h1-22,27-28H,23-26,29-30H2. The normalized spacial score (nSPS) is 11.0. The Labute approximate surface area is 287 Å². The lowest BCUT2D eigenvalue weighted by molar-refractivity contribution is 0.123. The molecule has 0 aliphatic rings. The molecule has 47 heavy (non-hydrogen) atoms. The highest BCUT2D eigenvalue weighted by atomic mass is 35.5. The lowest BCUT2D eigenvalue weighted by atomic mass is 10.00. The first-order chi connectivity index (χ1) is 23.1.